The van der Waals surface area contributed by atoms with Crippen LogP contribution in [0.5, 0.6) is 0 Å². The Labute approximate surface area is 137 Å². The first-order valence-electron chi connectivity index (χ1n) is 5.83. The minimum Gasteiger partial charge on any atom is -0.360 e. The molecule has 5 heteroatoms. The summed E-state index contributed by atoms with van der Waals surface area (Å²) in [5.74, 6) is -0.0717. The van der Waals surface area contributed by atoms with Crippen LogP contribution in [0.3, 0.4) is 0 Å². The van der Waals surface area contributed by atoms with Crippen molar-refractivity contribution in [1.82, 2.24) is 4.98 Å². The number of fused-ring (bicyclic) bond motifs is 1. The Bertz CT molecular complexity index is 826. The highest BCUT2D eigenvalue weighted by Gasteiger charge is 2.18. The molecule has 0 aliphatic heterocycles. The van der Waals surface area contributed by atoms with E-state index in [4.69, 9.17) is 11.6 Å². The molecule has 1 N–H and O–H groups in total. The molecule has 0 saturated carbocycles. The number of aromatic amines is 1. The van der Waals surface area contributed by atoms with E-state index in [1.165, 1.54) is 0 Å². The van der Waals surface area contributed by atoms with Crippen LogP contribution in [0, 0.1) is 0 Å². The summed E-state index contributed by atoms with van der Waals surface area (Å²) in [5, 5.41) is 1.32. The Kier molecular flexibility index (Phi) is 3.71. The third-order valence-electron chi connectivity index (χ3n) is 3.07. The molecule has 0 aliphatic rings. The van der Waals surface area contributed by atoms with E-state index in [2.05, 4.69) is 36.8 Å². The SMILES string of the molecule is O=C(c1cc(Br)ccc1Br)c1c[nH]c2cccc(Cl)c12. The van der Waals surface area contributed by atoms with E-state index < -0.39 is 0 Å². The molecule has 2 aromatic carbocycles. The average molecular weight is 413 g/mol. The molecule has 3 aromatic rings. The summed E-state index contributed by atoms with van der Waals surface area (Å²) in [7, 11) is 0. The van der Waals surface area contributed by atoms with Gasteiger partial charge in [0.25, 0.3) is 0 Å². The van der Waals surface area contributed by atoms with E-state index in [0.717, 1.165) is 19.8 Å². The zero-order chi connectivity index (χ0) is 14.3. The van der Waals surface area contributed by atoms with Gasteiger partial charge in [-0.2, -0.15) is 0 Å². The van der Waals surface area contributed by atoms with Crippen LogP contribution in [0.25, 0.3) is 10.9 Å². The lowest BCUT2D eigenvalue weighted by atomic mass is 10.0. The number of hydrogen-bond acceptors (Lipinski definition) is 1. The summed E-state index contributed by atoms with van der Waals surface area (Å²) in [6, 6.07) is 11.0. The van der Waals surface area contributed by atoms with E-state index in [0.29, 0.717) is 16.1 Å². The number of benzene rings is 2. The monoisotopic (exact) mass is 411 g/mol. The van der Waals surface area contributed by atoms with E-state index in [1.807, 2.05) is 24.3 Å². The molecule has 2 nitrogen and oxygen atoms in total. The predicted molar refractivity (Wildman–Crippen MR) is 88.6 cm³/mol. The van der Waals surface area contributed by atoms with Crippen LogP contribution in [0.2, 0.25) is 5.02 Å². The van der Waals surface area contributed by atoms with Gasteiger partial charge >= 0.3 is 0 Å². The molecule has 0 bridgehead atoms. The Balaban J connectivity index is 2.21. The fourth-order valence-corrected chi connectivity index (χ4v) is 3.20. The lowest BCUT2D eigenvalue weighted by molar-refractivity contribution is 0.103. The van der Waals surface area contributed by atoms with E-state index >= 15 is 0 Å². The van der Waals surface area contributed by atoms with E-state index in [-0.39, 0.29) is 5.78 Å². The number of ketones is 1. The molecule has 0 saturated heterocycles. The summed E-state index contributed by atoms with van der Waals surface area (Å²) < 4.78 is 1.61. The molecule has 0 radical (unpaired) electrons. The first-order valence-corrected chi connectivity index (χ1v) is 7.79. The zero-order valence-corrected chi connectivity index (χ0v) is 14.0. The maximum absolute atomic E-state index is 12.7. The predicted octanol–water partition coefficient (Wildman–Crippen LogP) is 5.58. The molecular weight excluding hydrogens is 405 g/mol. The maximum Gasteiger partial charge on any atom is 0.196 e. The standard InChI is InChI=1S/C15H8Br2ClNO/c16-8-4-5-11(17)9(6-8)15(20)10-7-19-13-3-1-2-12(18)14(10)13/h1-7,19H. The van der Waals surface area contributed by atoms with Gasteiger partial charge in [-0.3, -0.25) is 4.79 Å². The largest absolute Gasteiger partial charge is 0.360 e. The van der Waals surface area contributed by atoms with Crippen molar-refractivity contribution >= 4 is 60.1 Å². The third kappa shape index (κ3) is 2.32. The minimum atomic E-state index is -0.0717. The summed E-state index contributed by atoms with van der Waals surface area (Å²) >= 11 is 13.0. The molecular formula is C15H8Br2ClNO. The highest BCUT2D eigenvalue weighted by atomic mass is 79.9. The highest BCUT2D eigenvalue weighted by molar-refractivity contribution is 9.11. The van der Waals surface area contributed by atoms with Crippen LogP contribution in [-0.4, -0.2) is 10.8 Å². The van der Waals surface area contributed by atoms with Crippen molar-refractivity contribution < 1.29 is 4.79 Å². The van der Waals surface area contributed by atoms with Crippen LogP contribution in [-0.2, 0) is 0 Å². The molecule has 20 heavy (non-hydrogen) atoms. The van der Waals surface area contributed by atoms with Gasteiger partial charge in [0, 0.05) is 37.2 Å². The lowest BCUT2D eigenvalue weighted by Crippen LogP contribution is -2.01. The van der Waals surface area contributed by atoms with Crippen molar-refractivity contribution in [3.63, 3.8) is 0 Å². The Morgan fingerprint density at radius 2 is 1.90 bits per heavy atom. The molecule has 1 heterocycles. The molecule has 0 unspecified atom stereocenters. The number of rotatable bonds is 2. The lowest BCUT2D eigenvalue weighted by Gasteiger charge is -2.04. The van der Waals surface area contributed by atoms with Gasteiger partial charge in [0.2, 0.25) is 0 Å². The van der Waals surface area contributed by atoms with Gasteiger partial charge in [0.1, 0.15) is 0 Å². The van der Waals surface area contributed by atoms with E-state index in [1.54, 1.807) is 18.3 Å². The smallest absolute Gasteiger partial charge is 0.196 e. The quantitative estimate of drug-likeness (QED) is 0.547. The van der Waals surface area contributed by atoms with Crippen molar-refractivity contribution in [3.05, 3.63) is 67.7 Å². The van der Waals surface area contributed by atoms with Crippen molar-refractivity contribution in [2.75, 3.05) is 0 Å². The van der Waals surface area contributed by atoms with Crippen molar-refractivity contribution in [1.29, 1.82) is 0 Å². The van der Waals surface area contributed by atoms with Crippen LogP contribution in [0.4, 0.5) is 0 Å². The normalized spacial score (nSPS) is 10.9. The van der Waals surface area contributed by atoms with Gasteiger partial charge in [-0.15, -0.1) is 0 Å². The van der Waals surface area contributed by atoms with Crippen LogP contribution in [0.1, 0.15) is 15.9 Å². The number of halogens is 3. The summed E-state index contributed by atoms with van der Waals surface area (Å²) in [4.78, 5) is 15.8. The Morgan fingerprint density at radius 3 is 2.70 bits per heavy atom. The topological polar surface area (TPSA) is 32.9 Å². The van der Waals surface area contributed by atoms with Crippen LogP contribution < -0.4 is 0 Å². The van der Waals surface area contributed by atoms with Gasteiger partial charge in [0.15, 0.2) is 5.78 Å². The molecule has 0 atom stereocenters. The molecule has 0 amide bonds. The molecule has 1 aromatic heterocycles. The molecule has 0 aliphatic carbocycles. The molecule has 3 rings (SSSR count). The van der Waals surface area contributed by atoms with Crippen molar-refractivity contribution in [3.8, 4) is 0 Å². The first kappa shape index (κ1) is 13.9. The summed E-state index contributed by atoms with van der Waals surface area (Å²) in [5.41, 5.74) is 2.02. The highest BCUT2D eigenvalue weighted by Crippen LogP contribution is 2.30. The van der Waals surface area contributed by atoms with Crippen LogP contribution >= 0.6 is 43.5 Å². The Morgan fingerprint density at radius 1 is 1.10 bits per heavy atom. The second-order valence-corrected chi connectivity index (χ2v) is 6.50. The first-order chi connectivity index (χ1) is 9.58. The number of carbonyl (C=O) groups excluding carboxylic acids is 1. The number of nitrogens with one attached hydrogen (secondary N) is 1. The summed E-state index contributed by atoms with van der Waals surface area (Å²) in [6.07, 6.45) is 1.70. The van der Waals surface area contributed by atoms with Crippen molar-refractivity contribution in [2.24, 2.45) is 0 Å². The van der Waals surface area contributed by atoms with Gasteiger partial charge in [-0.05, 0) is 30.3 Å². The fourth-order valence-electron chi connectivity index (χ4n) is 2.14. The molecule has 0 spiro atoms. The summed E-state index contributed by atoms with van der Waals surface area (Å²) in [6.45, 7) is 0. The van der Waals surface area contributed by atoms with Gasteiger partial charge in [-0.1, -0.05) is 49.5 Å². The minimum absolute atomic E-state index is 0.0717. The maximum atomic E-state index is 12.7. The third-order valence-corrected chi connectivity index (χ3v) is 4.57. The van der Waals surface area contributed by atoms with E-state index in [9.17, 15) is 4.79 Å². The second kappa shape index (κ2) is 5.35. The number of H-pyrrole nitrogens is 1. The molecule has 100 valence electrons. The van der Waals surface area contributed by atoms with Gasteiger partial charge in [0.05, 0.1) is 5.02 Å². The second-order valence-electron chi connectivity index (χ2n) is 4.32. The van der Waals surface area contributed by atoms with Gasteiger partial charge in [-0.25, -0.2) is 0 Å². The number of hydrogen-bond donors (Lipinski definition) is 1. The number of carbonyl (C=O) groups is 1. The Hall–Kier alpha value is -1.10. The van der Waals surface area contributed by atoms with Crippen LogP contribution in [0.15, 0.2) is 51.5 Å². The average Bonchev–Trinajstić information content (AvgIpc) is 2.86. The zero-order valence-electron chi connectivity index (χ0n) is 10.1. The van der Waals surface area contributed by atoms with Gasteiger partial charge < -0.3 is 4.98 Å². The fraction of sp³-hybridized carbons (Fsp3) is 0. The molecule has 0 fully saturated rings. The van der Waals surface area contributed by atoms with Crippen molar-refractivity contribution in [2.45, 2.75) is 0 Å². The number of aromatic nitrogens is 1.